The van der Waals surface area contributed by atoms with E-state index < -0.39 is 12.2 Å². The van der Waals surface area contributed by atoms with E-state index in [4.69, 9.17) is 0 Å². The zero-order chi connectivity index (χ0) is 10.8. The molecule has 15 heavy (non-hydrogen) atoms. The maximum atomic E-state index is 11.8. The lowest BCUT2D eigenvalue weighted by molar-refractivity contribution is -0.131. The summed E-state index contributed by atoms with van der Waals surface area (Å²) in [6, 6.07) is 0.285. The third kappa shape index (κ3) is 2.48. The van der Waals surface area contributed by atoms with E-state index in [0.29, 0.717) is 6.42 Å². The van der Waals surface area contributed by atoms with Crippen LogP contribution in [0.2, 0.25) is 0 Å². The van der Waals surface area contributed by atoms with Gasteiger partial charge in [-0.2, -0.15) is 0 Å². The fourth-order valence-corrected chi connectivity index (χ4v) is 2.24. The topological polar surface area (TPSA) is 72.8 Å². The number of rotatable bonds is 2. The molecule has 3 N–H and O–H groups in total. The van der Waals surface area contributed by atoms with Gasteiger partial charge >= 0.3 is 0 Å². The van der Waals surface area contributed by atoms with Crippen LogP contribution in [0.3, 0.4) is 0 Å². The lowest BCUT2D eigenvalue weighted by Crippen LogP contribution is -2.35. The highest BCUT2D eigenvalue weighted by Crippen LogP contribution is 2.15. The maximum absolute atomic E-state index is 11.8. The molecular formula is C10H18N2O3. The van der Waals surface area contributed by atoms with Crippen molar-refractivity contribution in [2.24, 2.45) is 0 Å². The van der Waals surface area contributed by atoms with E-state index in [9.17, 15) is 15.0 Å². The SMILES string of the molecule is O=C(CC1CCCN1)N1CC(O)C(O)C1. The summed E-state index contributed by atoms with van der Waals surface area (Å²) in [6.07, 6.45) is 1.11. The molecule has 0 aliphatic carbocycles. The van der Waals surface area contributed by atoms with Crippen LogP contribution in [0.25, 0.3) is 0 Å². The van der Waals surface area contributed by atoms with Crippen molar-refractivity contribution in [3.8, 4) is 0 Å². The van der Waals surface area contributed by atoms with Crippen LogP contribution in [-0.2, 0) is 4.79 Å². The van der Waals surface area contributed by atoms with Crippen molar-refractivity contribution in [1.82, 2.24) is 10.2 Å². The fraction of sp³-hybridized carbons (Fsp3) is 0.900. The molecule has 1 amide bonds. The van der Waals surface area contributed by atoms with E-state index in [1.807, 2.05) is 0 Å². The van der Waals surface area contributed by atoms with E-state index in [2.05, 4.69) is 5.32 Å². The predicted octanol–water partition coefficient (Wildman–Crippen LogP) is -1.31. The third-order valence-electron chi connectivity index (χ3n) is 3.20. The number of β-amino-alcohol motifs (C(OH)–C–C–N with tert-alkyl or cyclic N) is 2. The summed E-state index contributed by atoms with van der Waals surface area (Å²) in [4.78, 5) is 13.3. The van der Waals surface area contributed by atoms with Crippen molar-refractivity contribution < 1.29 is 15.0 Å². The molecule has 0 radical (unpaired) electrons. The molecule has 0 aromatic carbocycles. The first-order chi connectivity index (χ1) is 7.16. The number of likely N-dealkylation sites (tertiary alicyclic amines) is 1. The predicted molar refractivity (Wildman–Crippen MR) is 54.2 cm³/mol. The molecule has 86 valence electrons. The summed E-state index contributed by atoms with van der Waals surface area (Å²) in [5.74, 6) is 0.0324. The van der Waals surface area contributed by atoms with Gasteiger partial charge in [0, 0.05) is 25.6 Å². The normalized spacial score (nSPS) is 36.1. The molecular weight excluding hydrogens is 196 g/mol. The Morgan fingerprint density at radius 3 is 2.53 bits per heavy atom. The average Bonchev–Trinajstić information content (AvgIpc) is 2.78. The molecule has 0 spiro atoms. The molecule has 5 heteroatoms. The molecule has 0 aromatic heterocycles. The monoisotopic (exact) mass is 214 g/mol. The molecule has 3 atom stereocenters. The van der Waals surface area contributed by atoms with Crippen LogP contribution in [0.5, 0.6) is 0 Å². The summed E-state index contributed by atoms with van der Waals surface area (Å²) in [5.41, 5.74) is 0. The Balaban J connectivity index is 1.81. The first-order valence-corrected chi connectivity index (χ1v) is 5.54. The average molecular weight is 214 g/mol. The summed E-state index contributed by atoms with van der Waals surface area (Å²) >= 11 is 0. The van der Waals surface area contributed by atoms with E-state index in [1.165, 1.54) is 0 Å². The van der Waals surface area contributed by atoms with Gasteiger partial charge in [0.05, 0.1) is 12.2 Å². The second kappa shape index (κ2) is 4.47. The number of carbonyl (C=O) groups excluding carboxylic acids is 1. The number of hydrogen-bond donors (Lipinski definition) is 3. The Bertz CT molecular complexity index is 231. The molecule has 0 aromatic rings. The number of aliphatic hydroxyl groups excluding tert-OH is 2. The molecule has 2 aliphatic heterocycles. The highest BCUT2D eigenvalue weighted by Gasteiger charge is 2.33. The lowest BCUT2D eigenvalue weighted by atomic mass is 10.1. The van der Waals surface area contributed by atoms with Gasteiger partial charge in [-0.15, -0.1) is 0 Å². The molecule has 2 saturated heterocycles. The van der Waals surface area contributed by atoms with Crippen molar-refractivity contribution in [2.45, 2.75) is 37.5 Å². The van der Waals surface area contributed by atoms with Gasteiger partial charge in [0.1, 0.15) is 0 Å². The van der Waals surface area contributed by atoms with Crippen LogP contribution in [0.1, 0.15) is 19.3 Å². The van der Waals surface area contributed by atoms with Gasteiger partial charge in [0.25, 0.3) is 0 Å². The first-order valence-electron chi connectivity index (χ1n) is 5.54. The highest BCUT2D eigenvalue weighted by molar-refractivity contribution is 5.77. The van der Waals surface area contributed by atoms with Gasteiger partial charge in [0.2, 0.25) is 5.91 Å². The summed E-state index contributed by atoms with van der Waals surface area (Å²) in [7, 11) is 0. The van der Waals surface area contributed by atoms with Crippen LogP contribution in [-0.4, -0.2) is 58.9 Å². The van der Waals surface area contributed by atoms with E-state index >= 15 is 0 Å². The van der Waals surface area contributed by atoms with Crippen molar-refractivity contribution in [3.05, 3.63) is 0 Å². The number of carbonyl (C=O) groups is 1. The standard InChI is InChI=1S/C10H18N2O3/c13-8-5-12(6-9(8)14)10(15)4-7-2-1-3-11-7/h7-9,11,13-14H,1-6H2. The Morgan fingerprint density at radius 1 is 1.33 bits per heavy atom. The van der Waals surface area contributed by atoms with E-state index in [-0.39, 0.29) is 25.0 Å². The molecule has 2 rings (SSSR count). The van der Waals surface area contributed by atoms with Crippen molar-refractivity contribution in [2.75, 3.05) is 19.6 Å². The maximum Gasteiger partial charge on any atom is 0.224 e. The molecule has 2 heterocycles. The number of hydrogen-bond acceptors (Lipinski definition) is 4. The summed E-state index contributed by atoms with van der Waals surface area (Å²) in [6.45, 7) is 1.53. The van der Waals surface area contributed by atoms with Gasteiger partial charge in [0.15, 0.2) is 0 Å². The van der Waals surface area contributed by atoms with Crippen molar-refractivity contribution in [1.29, 1.82) is 0 Å². The van der Waals surface area contributed by atoms with Gasteiger partial charge in [-0.05, 0) is 19.4 Å². The Labute approximate surface area is 89.1 Å². The van der Waals surface area contributed by atoms with Crippen molar-refractivity contribution in [3.63, 3.8) is 0 Å². The Morgan fingerprint density at radius 2 is 2.00 bits per heavy atom. The summed E-state index contributed by atoms with van der Waals surface area (Å²) in [5, 5.41) is 21.9. The van der Waals surface area contributed by atoms with E-state index in [0.717, 1.165) is 19.4 Å². The van der Waals surface area contributed by atoms with Gasteiger partial charge in [-0.25, -0.2) is 0 Å². The smallest absolute Gasteiger partial charge is 0.224 e. The quantitative estimate of drug-likeness (QED) is 0.534. The van der Waals surface area contributed by atoms with Crippen LogP contribution < -0.4 is 5.32 Å². The first kappa shape index (κ1) is 10.9. The number of nitrogens with one attached hydrogen (secondary N) is 1. The Kier molecular flexibility index (Phi) is 3.23. The Hall–Kier alpha value is -0.650. The minimum atomic E-state index is -0.773. The zero-order valence-corrected chi connectivity index (χ0v) is 8.72. The van der Waals surface area contributed by atoms with Gasteiger partial charge in [-0.3, -0.25) is 4.79 Å². The third-order valence-corrected chi connectivity index (χ3v) is 3.20. The molecule has 2 aliphatic rings. The zero-order valence-electron chi connectivity index (χ0n) is 8.72. The fourth-order valence-electron chi connectivity index (χ4n) is 2.24. The lowest BCUT2D eigenvalue weighted by Gasteiger charge is -2.18. The number of nitrogens with zero attached hydrogens (tertiary/aromatic N) is 1. The van der Waals surface area contributed by atoms with Crippen LogP contribution in [0, 0.1) is 0 Å². The minimum Gasteiger partial charge on any atom is -0.388 e. The largest absolute Gasteiger partial charge is 0.388 e. The molecule has 0 bridgehead atoms. The van der Waals surface area contributed by atoms with Crippen LogP contribution in [0.15, 0.2) is 0 Å². The molecule has 2 fully saturated rings. The highest BCUT2D eigenvalue weighted by atomic mass is 16.3. The van der Waals surface area contributed by atoms with E-state index in [1.54, 1.807) is 4.90 Å². The number of aliphatic hydroxyl groups is 2. The van der Waals surface area contributed by atoms with Gasteiger partial charge in [-0.1, -0.05) is 0 Å². The molecule has 3 unspecified atom stereocenters. The van der Waals surface area contributed by atoms with Gasteiger partial charge < -0.3 is 20.4 Å². The summed E-state index contributed by atoms with van der Waals surface area (Å²) < 4.78 is 0. The molecule has 0 saturated carbocycles. The second-order valence-electron chi connectivity index (χ2n) is 4.43. The van der Waals surface area contributed by atoms with Crippen LogP contribution >= 0.6 is 0 Å². The number of amides is 1. The van der Waals surface area contributed by atoms with Crippen LogP contribution in [0.4, 0.5) is 0 Å². The molecule has 5 nitrogen and oxygen atoms in total. The van der Waals surface area contributed by atoms with Crippen molar-refractivity contribution >= 4 is 5.91 Å². The minimum absolute atomic E-state index is 0.0324. The second-order valence-corrected chi connectivity index (χ2v) is 4.43.